The van der Waals surface area contributed by atoms with E-state index in [2.05, 4.69) is 40.2 Å². The Morgan fingerprint density at radius 2 is 1.05 bits per heavy atom. The molecule has 8 atom stereocenters. The number of rotatable bonds is 15. The van der Waals surface area contributed by atoms with Crippen molar-refractivity contribution in [3.8, 4) is 23.0 Å². The molecule has 23 nitrogen and oxygen atoms in total. The maximum Gasteiger partial charge on any atom is 1.00 e. The molecule has 1 amide bonds. The second kappa shape index (κ2) is 36.0. The number of carbonyl (C=O) groups is 2. The van der Waals surface area contributed by atoms with Gasteiger partial charge in [-0.25, -0.2) is 42.6 Å². The van der Waals surface area contributed by atoms with E-state index in [1.165, 1.54) is 72.4 Å². The van der Waals surface area contributed by atoms with Crippen molar-refractivity contribution in [3.05, 3.63) is 166 Å². The molecule has 4 aromatic carbocycles. The summed E-state index contributed by atoms with van der Waals surface area (Å²) in [5.74, 6) is -13.1. The van der Waals surface area contributed by atoms with E-state index in [9.17, 15) is 44.7 Å². The van der Waals surface area contributed by atoms with Gasteiger partial charge in [0.15, 0.2) is 103 Å². The molecule has 8 aromatic rings. The van der Waals surface area contributed by atoms with Crippen LogP contribution in [-0.2, 0) is 52.3 Å². The number of aromatic nitrogens is 6. The topological polar surface area (TPSA) is 239 Å². The third kappa shape index (κ3) is 18.9. The number of methoxy groups -OCH3 is 3. The van der Waals surface area contributed by atoms with E-state index in [0.717, 1.165) is 41.5 Å². The van der Waals surface area contributed by atoms with Crippen LogP contribution in [0.5, 0.6) is 23.0 Å². The first-order valence-corrected chi connectivity index (χ1v) is 28.1. The van der Waals surface area contributed by atoms with E-state index >= 15 is 0 Å². The predicted molar refractivity (Wildman–Crippen MR) is 328 cm³/mol. The van der Waals surface area contributed by atoms with Crippen molar-refractivity contribution in [2.75, 3.05) is 55.9 Å². The van der Waals surface area contributed by atoms with Crippen LogP contribution in [0.1, 0.15) is 72.8 Å². The Morgan fingerprint density at radius 1 is 0.588 bits per heavy atom. The normalized spacial score (nSPS) is 20.3. The van der Waals surface area contributed by atoms with Gasteiger partial charge >= 0.3 is 18.9 Å². The van der Waals surface area contributed by atoms with Gasteiger partial charge < -0.3 is 71.1 Å². The molecule has 4 saturated heterocycles. The molecule has 12 rings (SSSR count). The predicted octanol–water partition coefficient (Wildman–Crippen LogP) is 9.45. The summed E-state index contributed by atoms with van der Waals surface area (Å²) in [4.78, 5) is 47.7. The summed E-state index contributed by atoms with van der Waals surface area (Å²) in [7, 11) is 7.04. The van der Waals surface area contributed by atoms with E-state index in [1.54, 1.807) is 61.4 Å². The summed E-state index contributed by atoms with van der Waals surface area (Å²) in [6.07, 6.45) is 0.0527. The summed E-state index contributed by atoms with van der Waals surface area (Å²) >= 11 is 12.3. The van der Waals surface area contributed by atoms with Gasteiger partial charge in [0, 0.05) is 46.5 Å². The van der Waals surface area contributed by atoms with Crippen LogP contribution in [0.4, 0.5) is 35.1 Å². The fourth-order valence-electron chi connectivity index (χ4n) is 9.58. The van der Waals surface area contributed by atoms with Crippen LogP contribution in [-0.4, -0.2) is 155 Å². The Bertz CT molecular complexity index is 3850. The molecule has 4 aliphatic rings. The van der Waals surface area contributed by atoms with Crippen molar-refractivity contribution < 1.29 is 130 Å². The first-order valence-electron chi connectivity index (χ1n) is 27.3. The summed E-state index contributed by atoms with van der Waals surface area (Å²) in [5.41, 5.74) is 0.855. The molecule has 97 heavy (non-hydrogen) atoms. The second-order valence-corrected chi connectivity index (χ2v) is 21.4. The smallest absolute Gasteiger partial charge is 0.505 e. The first kappa shape index (κ1) is 82.1. The molecule has 0 radical (unpaired) electrons. The van der Waals surface area contributed by atoms with Crippen molar-refractivity contribution in [2.24, 2.45) is 0 Å². The molecule has 1 N–H and O–H groups in total. The number of hydroxylamine groups is 2. The minimum atomic E-state index is -1.30. The van der Waals surface area contributed by atoms with E-state index in [0.29, 0.717) is 27.2 Å². The number of Topliss-reactive ketones (excluding diaryl/α,β-unsaturated/α-hetero) is 1. The van der Waals surface area contributed by atoms with Gasteiger partial charge in [-0.2, -0.15) is 19.2 Å². The van der Waals surface area contributed by atoms with Crippen LogP contribution in [0.15, 0.2) is 97.8 Å². The maximum atomic E-state index is 14.5. The summed E-state index contributed by atoms with van der Waals surface area (Å²) < 4.78 is 171. The maximum absolute atomic E-state index is 14.5. The van der Waals surface area contributed by atoms with Crippen molar-refractivity contribution in [1.29, 1.82) is 0 Å². The van der Waals surface area contributed by atoms with E-state index < -0.39 is 124 Å². The number of phenols is 1. The number of nitrogens with zero attached hydrogens (tertiary/aromatic N) is 7. The van der Waals surface area contributed by atoms with Crippen LogP contribution >= 0.6 is 23.2 Å². The number of benzene rings is 4. The SMILES string of the molecule is C.C.C.COCOc1[c-]ccc(F)c1F.COCOc1c(C(=O)[C@H]2O[C@@H](n3ccc4c(Cl)ncnc43)[C@@H]3OC(C)(C)O[C@@H]32)ccc(F)c1F.COCOc1cccc(F)c1F.CON(C)C(=O)[C@H]1O[C@@H](n2ccc3c(Cl)ncnc32)[C@@H]2OC(C)(C)O[C@@H]21.Oc1cccc(F)c1F.[Li+]. The van der Waals surface area contributed by atoms with E-state index in [4.69, 9.17) is 75.8 Å². The van der Waals surface area contributed by atoms with E-state index in [-0.39, 0.29) is 89.6 Å². The molecule has 4 aliphatic heterocycles. The number of carbonyl (C=O) groups excluding carboxylic acids is 2. The fourth-order valence-corrected chi connectivity index (χ4v) is 9.96. The van der Waals surface area contributed by atoms with Gasteiger partial charge in [-0.3, -0.25) is 18.8 Å². The number of aromatic hydroxyl groups is 1. The van der Waals surface area contributed by atoms with Crippen molar-refractivity contribution in [3.63, 3.8) is 0 Å². The number of amides is 1. The average Bonchev–Trinajstić information content (AvgIpc) is 1.59. The van der Waals surface area contributed by atoms with Gasteiger partial charge in [-0.05, 0) is 76.2 Å². The van der Waals surface area contributed by atoms with Crippen LogP contribution < -0.4 is 33.1 Å². The zero-order valence-corrected chi connectivity index (χ0v) is 53.0. The van der Waals surface area contributed by atoms with E-state index in [1.807, 2.05) is 0 Å². The molecule has 4 fully saturated rings. The van der Waals surface area contributed by atoms with Gasteiger partial charge in [-0.15, -0.1) is 12.1 Å². The number of fused-ring (bicyclic) bond motifs is 4. The van der Waals surface area contributed by atoms with Gasteiger partial charge in [0.25, 0.3) is 5.91 Å². The molecular formula is C63H70Cl2F8LiN7O16. The standard InChI is InChI=1S/C22H20ClF2N3O6.C16H19ClN4O5.C8H8F2O2.C8H7F2O2.C6H4F2O.3CH4.Li/c1-22(2)33-17-16(14(29)10-4-5-12(24)13(25)15(10)31-9-30-3)32-21(18(17)34-22)28-7-6-11-19(23)26-8-27-20(11)28;1-16(2)25-9-10(14(22)20(3)23-4)24-15(11(9)26-16)21-6-5-8-12(17)18-7-19-13(8)21;2*1-11-5-12-7-4-2-3-6(9)8(7)10;7-4-2-1-3-5(9)6(4)8;;;;/h4-8,16-18,21H,9H2,1-3H3;5-7,9-11,15H,1-4H3;2-4H,5H2,1H3;2-3H,5H2,1H3;1-3,9H;3*1H4;/q;;;-1;;;;;+1/t16-,17-,18-,21-;9-,10+,11-,15-;;;;;;;/m11......./s1. The van der Waals surface area contributed by atoms with Gasteiger partial charge in [0.2, 0.25) is 11.6 Å². The molecule has 0 bridgehead atoms. The second-order valence-electron chi connectivity index (χ2n) is 20.6. The third-order valence-electron chi connectivity index (χ3n) is 13.6. The molecule has 34 heteroatoms. The molecule has 8 heterocycles. The number of hydrogen-bond acceptors (Lipinski definition) is 20. The van der Waals surface area contributed by atoms with Gasteiger partial charge in [-0.1, -0.05) is 57.6 Å². The van der Waals surface area contributed by atoms with Gasteiger partial charge in [0.05, 0.1) is 35.1 Å². The van der Waals surface area contributed by atoms with Crippen LogP contribution in [0.3, 0.4) is 0 Å². The summed E-state index contributed by atoms with van der Waals surface area (Å²) in [5, 5.41) is 11.5. The van der Waals surface area contributed by atoms with Crippen molar-refractivity contribution in [2.45, 2.75) is 111 Å². The number of ether oxygens (including phenoxy) is 12. The quantitative estimate of drug-likeness (QED) is 0.0191. The minimum absolute atomic E-state index is 0. The Morgan fingerprint density at radius 3 is 1.57 bits per heavy atom. The zero-order valence-electron chi connectivity index (χ0n) is 51.5. The molecule has 0 saturated carbocycles. The summed E-state index contributed by atoms with van der Waals surface area (Å²) in [6, 6.07) is 17.1. The molecule has 0 unspecified atom stereocenters. The number of likely N-dealkylation sites (N-methyl/N-ethyl adjacent to an activating group) is 1. The zero-order chi connectivity index (χ0) is 67.6. The Hall–Kier alpha value is -7.32. The van der Waals surface area contributed by atoms with Gasteiger partial charge in [0.1, 0.15) is 58.7 Å². The van der Waals surface area contributed by atoms with Crippen molar-refractivity contribution >= 4 is 57.0 Å². The Balaban J connectivity index is 0.000000279. The first-order chi connectivity index (χ1) is 44.3. The largest absolute Gasteiger partial charge is 1.00 e. The molecule has 0 spiro atoms. The average molecular weight is 1410 g/mol. The van der Waals surface area contributed by atoms with Crippen LogP contribution in [0, 0.1) is 52.6 Å². The molecule has 524 valence electrons. The number of halogens is 10. The number of hydrogen-bond donors (Lipinski definition) is 1. The molecule has 4 aromatic heterocycles. The third-order valence-corrected chi connectivity index (χ3v) is 14.2. The monoisotopic (exact) mass is 1410 g/mol. The molecular weight excluding hydrogens is 1340 g/mol. The molecule has 0 aliphatic carbocycles. The number of phenolic OH excluding ortho intramolecular Hbond substituents is 1. The van der Waals surface area contributed by atoms with Crippen molar-refractivity contribution in [1.82, 2.24) is 34.1 Å². The number of ketones is 1. The summed E-state index contributed by atoms with van der Waals surface area (Å²) in [6.45, 7) is 6.41. The van der Waals surface area contributed by atoms with Crippen LogP contribution in [0.2, 0.25) is 10.3 Å². The Kier molecular flexibility index (Phi) is 30.4. The van der Waals surface area contributed by atoms with Crippen LogP contribution in [0.25, 0.3) is 22.1 Å². The fraction of sp³-hybridized carbons (Fsp3) is 0.397. The minimum Gasteiger partial charge on any atom is -0.505 e. The Labute approximate surface area is 574 Å².